The van der Waals surface area contributed by atoms with Crippen molar-refractivity contribution in [3.05, 3.63) is 62.7 Å². The van der Waals surface area contributed by atoms with Gasteiger partial charge in [0, 0.05) is 11.9 Å². The molecule has 0 unspecified atom stereocenters. The standard InChI is InChI=1S/C15H13ClN4O2/c1-8-4-3-5-10(6-8)19-14(21)11-7-17-20-13(11)18-9(2)12(16)15(20)22/h3-7,17H,1-2H3,(H,19,21). The van der Waals surface area contributed by atoms with Crippen LogP contribution in [-0.4, -0.2) is 20.5 Å². The van der Waals surface area contributed by atoms with Crippen LogP contribution in [0.25, 0.3) is 5.65 Å². The molecule has 0 bridgehead atoms. The van der Waals surface area contributed by atoms with Crippen LogP contribution in [-0.2, 0) is 0 Å². The van der Waals surface area contributed by atoms with Crippen LogP contribution in [0.2, 0.25) is 5.02 Å². The molecule has 0 aliphatic carbocycles. The molecule has 0 fully saturated rings. The van der Waals surface area contributed by atoms with Gasteiger partial charge >= 0.3 is 0 Å². The summed E-state index contributed by atoms with van der Waals surface area (Å²) >= 11 is 5.88. The molecule has 22 heavy (non-hydrogen) atoms. The molecule has 2 aromatic heterocycles. The number of nitrogens with zero attached hydrogens (tertiary/aromatic N) is 2. The number of aromatic nitrogens is 3. The smallest absolute Gasteiger partial charge is 0.291 e. The zero-order chi connectivity index (χ0) is 15.9. The molecule has 3 aromatic rings. The second-order valence-corrected chi connectivity index (χ2v) is 5.36. The normalized spacial score (nSPS) is 10.9. The van der Waals surface area contributed by atoms with E-state index in [-0.39, 0.29) is 22.1 Å². The van der Waals surface area contributed by atoms with E-state index in [1.807, 2.05) is 25.1 Å². The summed E-state index contributed by atoms with van der Waals surface area (Å²) in [6.07, 6.45) is 1.44. The first-order valence-corrected chi connectivity index (χ1v) is 6.99. The van der Waals surface area contributed by atoms with E-state index >= 15 is 0 Å². The van der Waals surface area contributed by atoms with Crippen molar-refractivity contribution in [3.8, 4) is 0 Å². The van der Waals surface area contributed by atoms with Crippen molar-refractivity contribution >= 4 is 28.8 Å². The highest BCUT2D eigenvalue weighted by Crippen LogP contribution is 2.15. The van der Waals surface area contributed by atoms with Gasteiger partial charge in [-0.25, -0.2) is 4.98 Å². The number of halogens is 1. The number of H-pyrrole nitrogens is 1. The van der Waals surface area contributed by atoms with E-state index in [4.69, 9.17) is 11.6 Å². The number of aryl methyl sites for hydroxylation is 2. The van der Waals surface area contributed by atoms with E-state index in [0.717, 1.165) is 10.1 Å². The number of fused-ring (bicyclic) bond motifs is 1. The maximum atomic E-state index is 12.4. The molecule has 112 valence electrons. The Labute approximate surface area is 130 Å². The number of rotatable bonds is 2. The van der Waals surface area contributed by atoms with Gasteiger partial charge in [-0.05, 0) is 31.5 Å². The minimum absolute atomic E-state index is 0.0324. The highest BCUT2D eigenvalue weighted by molar-refractivity contribution is 6.31. The SMILES string of the molecule is Cc1cccc(NC(=O)c2c[nH]n3c(=O)c(Cl)c(C)nc23)c1. The molecule has 0 aliphatic heterocycles. The number of anilines is 1. The maximum absolute atomic E-state index is 12.4. The van der Waals surface area contributed by atoms with Gasteiger partial charge in [0.2, 0.25) is 0 Å². The molecule has 0 atom stereocenters. The molecule has 0 radical (unpaired) electrons. The van der Waals surface area contributed by atoms with Gasteiger partial charge in [-0.3, -0.25) is 14.7 Å². The zero-order valence-electron chi connectivity index (χ0n) is 12.0. The Morgan fingerprint density at radius 3 is 2.86 bits per heavy atom. The lowest BCUT2D eigenvalue weighted by Crippen LogP contribution is -2.18. The average Bonchev–Trinajstić information content (AvgIpc) is 2.88. The summed E-state index contributed by atoms with van der Waals surface area (Å²) < 4.78 is 1.15. The summed E-state index contributed by atoms with van der Waals surface area (Å²) in [5.74, 6) is -0.349. The van der Waals surface area contributed by atoms with Crippen LogP contribution in [0, 0.1) is 13.8 Å². The average molecular weight is 317 g/mol. The molecule has 0 aliphatic rings. The van der Waals surface area contributed by atoms with Crippen molar-refractivity contribution in [2.24, 2.45) is 0 Å². The predicted molar refractivity (Wildman–Crippen MR) is 84.7 cm³/mol. The Morgan fingerprint density at radius 1 is 1.36 bits per heavy atom. The minimum Gasteiger partial charge on any atom is -0.322 e. The van der Waals surface area contributed by atoms with Crippen molar-refractivity contribution in [2.75, 3.05) is 5.32 Å². The van der Waals surface area contributed by atoms with Crippen molar-refractivity contribution in [1.29, 1.82) is 0 Å². The summed E-state index contributed by atoms with van der Waals surface area (Å²) in [7, 11) is 0. The quantitative estimate of drug-likeness (QED) is 0.762. The first-order chi connectivity index (χ1) is 10.5. The van der Waals surface area contributed by atoms with Gasteiger partial charge in [0.15, 0.2) is 5.65 Å². The van der Waals surface area contributed by atoms with Gasteiger partial charge in [-0.15, -0.1) is 0 Å². The summed E-state index contributed by atoms with van der Waals surface area (Å²) in [5, 5.41) is 5.51. The lowest BCUT2D eigenvalue weighted by Gasteiger charge is -2.05. The number of nitrogens with one attached hydrogen (secondary N) is 2. The summed E-state index contributed by atoms with van der Waals surface area (Å²) in [5.41, 5.74) is 2.19. The molecule has 3 rings (SSSR count). The molecule has 1 amide bonds. The van der Waals surface area contributed by atoms with Crippen LogP contribution in [0.3, 0.4) is 0 Å². The number of carbonyl (C=O) groups is 1. The molecule has 6 nitrogen and oxygen atoms in total. The molecule has 0 spiro atoms. The third-order valence-electron chi connectivity index (χ3n) is 3.29. The first-order valence-electron chi connectivity index (χ1n) is 6.61. The molecule has 2 heterocycles. The van der Waals surface area contributed by atoms with E-state index < -0.39 is 5.56 Å². The van der Waals surface area contributed by atoms with Crippen LogP contribution in [0.4, 0.5) is 5.69 Å². The van der Waals surface area contributed by atoms with Crippen molar-refractivity contribution in [2.45, 2.75) is 13.8 Å². The number of benzene rings is 1. The Balaban J connectivity index is 2.03. The van der Waals surface area contributed by atoms with Gasteiger partial charge in [-0.1, -0.05) is 23.7 Å². The maximum Gasteiger partial charge on any atom is 0.291 e. The number of amides is 1. The monoisotopic (exact) mass is 316 g/mol. The van der Waals surface area contributed by atoms with Crippen LogP contribution >= 0.6 is 11.6 Å². The zero-order valence-corrected chi connectivity index (χ0v) is 12.7. The Morgan fingerprint density at radius 2 is 2.14 bits per heavy atom. The van der Waals surface area contributed by atoms with E-state index in [1.165, 1.54) is 6.20 Å². The molecule has 0 saturated carbocycles. The number of aromatic amines is 1. The first kappa shape index (κ1) is 14.3. The highest BCUT2D eigenvalue weighted by Gasteiger charge is 2.17. The predicted octanol–water partition coefficient (Wildman–Crippen LogP) is 2.55. The van der Waals surface area contributed by atoms with Gasteiger partial charge in [0.25, 0.3) is 11.5 Å². The summed E-state index contributed by atoms with van der Waals surface area (Å²) in [6.45, 7) is 3.56. The van der Waals surface area contributed by atoms with Crippen LogP contribution in [0.15, 0.2) is 35.3 Å². The summed E-state index contributed by atoms with van der Waals surface area (Å²) in [6, 6.07) is 7.44. The largest absolute Gasteiger partial charge is 0.322 e. The lowest BCUT2D eigenvalue weighted by molar-refractivity contribution is 0.102. The molecule has 1 aromatic carbocycles. The Kier molecular flexibility index (Phi) is 3.46. The van der Waals surface area contributed by atoms with Crippen LogP contribution in [0.1, 0.15) is 21.6 Å². The number of hydrogen-bond donors (Lipinski definition) is 2. The molecular formula is C15H13ClN4O2. The molecular weight excluding hydrogens is 304 g/mol. The van der Waals surface area contributed by atoms with Crippen molar-refractivity contribution in [1.82, 2.24) is 14.6 Å². The fraction of sp³-hybridized carbons (Fsp3) is 0.133. The van der Waals surface area contributed by atoms with Crippen molar-refractivity contribution < 1.29 is 4.79 Å². The second-order valence-electron chi connectivity index (χ2n) is 4.99. The third-order valence-corrected chi connectivity index (χ3v) is 3.73. The van der Waals surface area contributed by atoms with Gasteiger partial charge < -0.3 is 5.32 Å². The second kappa shape index (κ2) is 5.31. The minimum atomic E-state index is -0.432. The van der Waals surface area contributed by atoms with Gasteiger partial charge in [0.1, 0.15) is 10.6 Å². The summed E-state index contributed by atoms with van der Waals surface area (Å²) in [4.78, 5) is 28.6. The molecule has 2 N–H and O–H groups in total. The van der Waals surface area contributed by atoms with Crippen LogP contribution < -0.4 is 10.9 Å². The highest BCUT2D eigenvalue weighted by atomic mass is 35.5. The lowest BCUT2D eigenvalue weighted by atomic mass is 10.2. The fourth-order valence-corrected chi connectivity index (χ4v) is 2.32. The Bertz CT molecular complexity index is 942. The van der Waals surface area contributed by atoms with E-state index in [2.05, 4.69) is 15.4 Å². The fourth-order valence-electron chi connectivity index (χ4n) is 2.19. The Hall–Kier alpha value is -2.60. The van der Waals surface area contributed by atoms with Crippen LogP contribution in [0.5, 0.6) is 0 Å². The topological polar surface area (TPSA) is 79.3 Å². The third kappa shape index (κ3) is 2.37. The molecule has 0 saturated heterocycles. The number of hydrogen-bond acceptors (Lipinski definition) is 3. The number of carbonyl (C=O) groups excluding carboxylic acids is 1. The van der Waals surface area contributed by atoms with Crippen molar-refractivity contribution in [3.63, 3.8) is 0 Å². The van der Waals surface area contributed by atoms with E-state index in [0.29, 0.717) is 11.4 Å². The molecule has 7 heteroatoms. The van der Waals surface area contributed by atoms with Gasteiger partial charge in [-0.2, -0.15) is 4.52 Å². The van der Waals surface area contributed by atoms with E-state index in [1.54, 1.807) is 13.0 Å². The van der Waals surface area contributed by atoms with Gasteiger partial charge in [0.05, 0.1) is 5.69 Å². The van der Waals surface area contributed by atoms with E-state index in [9.17, 15) is 9.59 Å².